The molecule has 0 saturated heterocycles. The number of benzene rings is 1. The molecule has 2 aromatic rings. The normalized spacial score (nSPS) is 13.0. The Balaban J connectivity index is 2.56. The van der Waals surface area contributed by atoms with Gasteiger partial charge in [-0.25, -0.2) is 4.39 Å². The Morgan fingerprint density at radius 3 is 2.93 bits per heavy atom. The van der Waals surface area contributed by atoms with Gasteiger partial charge in [0.15, 0.2) is 0 Å². The minimum atomic E-state index is -0.214. The van der Waals surface area contributed by atoms with Crippen molar-refractivity contribution in [3.8, 4) is 0 Å². The molecule has 0 saturated carbocycles. The van der Waals surface area contributed by atoms with E-state index in [1.165, 1.54) is 12.1 Å². The van der Waals surface area contributed by atoms with E-state index in [9.17, 15) is 4.39 Å². The van der Waals surface area contributed by atoms with Crippen LogP contribution in [0.2, 0.25) is 0 Å². The minimum absolute atomic E-state index is 0.157. The summed E-state index contributed by atoms with van der Waals surface area (Å²) in [6.45, 7) is 3.63. The fraction of sp³-hybridized carbons (Fsp3) is 0.0909. The molecule has 0 aliphatic carbocycles. The predicted molar refractivity (Wildman–Crippen MR) is 58.9 cm³/mol. The maximum atomic E-state index is 12.9. The van der Waals surface area contributed by atoms with Crippen LogP contribution in [0.5, 0.6) is 0 Å². The van der Waals surface area contributed by atoms with E-state index in [1.807, 2.05) is 6.07 Å². The van der Waals surface area contributed by atoms with Gasteiger partial charge in [-0.05, 0) is 29.7 Å². The van der Waals surface area contributed by atoms with E-state index in [0.29, 0.717) is 0 Å². The molecule has 1 aromatic carbocycles. The number of nitrogens with two attached hydrogens (primary N) is 1. The quantitative estimate of drug-likeness (QED) is 0.752. The van der Waals surface area contributed by atoms with Crippen molar-refractivity contribution in [1.82, 2.24) is 0 Å². The average molecular weight is 207 g/mol. The smallest absolute Gasteiger partial charge is 0.123 e. The Morgan fingerprint density at radius 1 is 1.43 bits per heavy atom. The molecule has 0 fully saturated rings. The van der Waals surface area contributed by atoms with Crippen LogP contribution in [0, 0.1) is 5.82 Å². The third-order valence-electron chi connectivity index (χ3n) is 2.08. The Kier molecular flexibility index (Phi) is 2.35. The summed E-state index contributed by atoms with van der Waals surface area (Å²) >= 11 is 1.58. The minimum Gasteiger partial charge on any atom is -0.320 e. The molecule has 2 rings (SSSR count). The van der Waals surface area contributed by atoms with Crippen LogP contribution in [-0.4, -0.2) is 0 Å². The third kappa shape index (κ3) is 1.56. The van der Waals surface area contributed by atoms with E-state index in [-0.39, 0.29) is 11.9 Å². The number of fused-ring (bicyclic) bond motifs is 1. The van der Waals surface area contributed by atoms with Crippen LogP contribution < -0.4 is 5.73 Å². The van der Waals surface area contributed by atoms with Gasteiger partial charge in [0.2, 0.25) is 0 Å². The lowest BCUT2D eigenvalue weighted by molar-refractivity contribution is 0.630. The summed E-state index contributed by atoms with van der Waals surface area (Å²) in [5.74, 6) is -0.214. The lowest BCUT2D eigenvalue weighted by Crippen LogP contribution is -2.03. The number of hydrogen-bond acceptors (Lipinski definition) is 2. The van der Waals surface area contributed by atoms with Crippen molar-refractivity contribution >= 4 is 21.4 Å². The summed E-state index contributed by atoms with van der Waals surface area (Å²) in [7, 11) is 0. The Bertz CT molecular complexity index is 475. The van der Waals surface area contributed by atoms with Crippen molar-refractivity contribution in [2.45, 2.75) is 6.04 Å². The molecule has 0 spiro atoms. The molecule has 0 bridgehead atoms. The van der Waals surface area contributed by atoms with Crippen LogP contribution in [0.4, 0.5) is 4.39 Å². The largest absolute Gasteiger partial charge is 0.320 e. The van der Waals surface area contributed by atoms with E-state index < -0.39 is 0 Å². The Labute approximate surface area is 85.7 Å². The second-order valence-electron chi connectivity index (χ2n) is 3.09. The van der Waals surface area contributed by atoms with Gasteiger partial charge in [0, 0.05) is 9.58 Å². The van der Waals surface area contributed by atoms with Gasteiger partial charge in [0.25, 0.3) is 0 Å². The first-order chi connectivity index (χ1) is 6.70. The molecule has 3 heteroatoms. The topological polar surface area (TPSA) is 26.0 Å². The molecule has 14 heavy (non-hydrogen) atoms. The standard InChI is InChI=1S/C11H10FNS/c1-2-9(13)11-6-7-5-8(12)3-4-10(7)14-11/h2-6,9H,1,13H2. The number of halogens is 1. The van der Waals surface area contributed by atoms with Gasteiger partial charge in [-0.3, -0.25) is 0 Å². The molecular weight excluding hydrogens is 197 g/mol. The van der Waals surface area contributed by atoms with E-state index in [0.717, 1.165) is 15.0 Å². The highest BCUT2D eigenvalue weighted by Gasteiger charge is 2.06. The van der Waals surface area contributed by atoms with E-state index in [1.54, 1.807) is 23.5 Å². The van der Waals surface area contributed by atoms with Crippen LogP contribution in [0.15, 0.2) is 36.9 Å². The zero-order valence-corrected chi connectivity index (χ0v) is 8.35. The van der Waals surface area contributed by atoms with Crippen LogP contribution in [0.25, 0.3) is 10.1 Å². The molecule has 1 unspecified atom stereocenters. The molecule has 0 radical (unpaired) electrons. The van der Waals surface area contributed by atoms with Crippen LogP contribution in [-0.2, 0) is 0 Å². The van der Waals surface area contributed by atoms with Gasteiger partial charge >= 0.3 is 0 Å². The number of thiophene rings is 1. The van der Waals surface area contributed by atoms with Gasteiger partial charge in [0.05, 0.1) is 6.04 Å². The Hall–Kier alpha value is -1.19. The zero-order chi connectivity index (χ0) is 10.1. The maximum Gasteiger partial charge on any atom is 0.123 e. The fourth-order valence-electron chi connectivity index (χ4n) is 1.32. The monoisotopic (exact) mass is 207 g/mol. The Morgan fingerprint density at radius 2 is 2.21 bits per heavy atom. The van der Waals surface area contributed by atoms with Crippen molar-refractivity contribution < 1.29 is 4.39 Å². The van der Waals surface area contributed by atoms with E-state index in [2.05, 4.69) is 6.58 Å². The van der Waals surface area contributed by atoms with Gasteiger partial charge in [0.1, 0.15) is 5.82 Å². The summed E-state index contributed by atoms with van der Waals surface area (Å²) in [5.41, 5.74) is 5.79. The van der Waals surface area contributed by atoms with Crippen molar-refractivity contribution in [3.05, 3.63) is 47.6 Å². The predicted octanol–water partition coefficient (Wildman–Crippen LogP) is 3.23. The number of hydrogen-bond donors (Lipinski definition) is 1. The SMILES string of the molecule is C=CC(N)c1cc2cc(F)ccc2s1. The molecule has 0 aliphatic heterocycles. The molecule has 1 nitrogen and oxygen atoms in total. The van der Waals surface area contributed by atoms with E-state index in [4.69, 9.17) is 5.73 Å². The van der Waals surface area contributed by atoms with E-state index >= 15 is 0 Å². The molecule has 0 aliphatic rings. The highest BCUT2D eigenvalue weighted by molar-refractivity contribution is 7.19. The molecule has 2 N–H and O–H groups in total. The fourth-order valence-corrected chi connectivity index (χ4v) is 2.36. The zero-order valence-electron chi connectivity index (χ0n) is 7.53. The molecule has 72 valence electrons. The summed E-state index contributed by atoms with van der Waals surface area (Å²) < 4.78 is 13.9. The average Bonchev–Trinajstić information content (AvgIpc) is 2.59. The molecule has 1 atom stereocenters. The van der Waals surface area contributed by atoms with Crippen molar-refractivity contribution in [2.24, 2.45) is 5.73 Å². The van der Waals surface area contributed by atoms with Crippen molar-refractivity contribution in [1.29, 1.82) is 0 Å². The van der Waals surface area contributed by atoms with Crippen LogP contribution in [0.3, 0.4) is 0 Å². The first kappa shape index (κ1) is 9.37. The van der Waals surface area contributed by atoms with Gasteiger partial charge in [-0.1, -0.05) is 6.08 Å². The van der Waals surface area contributed by atoms with Gasteiger partial charge in [-0.2, -0.15) is 0 Å². The number of rotatable bonds is 2. The molecule has 1 aromatic heterocycles. The summed E-state index contributed by atoms with van der Waals surface area (Å²) in [6.07, 6.45) is 1.68. The highest BCUT2D eigenvalue weighted by atomic mass is 32.1. The third-order valence-corrected chi connectivity index (χ3v) is 3.30. The van der Waals surface area contributed by atoms with Gasteiger partial charge in [-0.15, -0.1) is 17.9 Å². The van der Waals surface area contributed by atoms with Crippen molar-refractivity contribution in [3.63, 3.8) is 0 Å². The summed E-state index contributed by atoms with van der Waals surface area (Å²) in [4.78, 5) is 1.01. The van der Waals surface area contributed by atoms with Crippen LogP contribution in [0.1, 0.15) is 10.9 Å². The molecule has 0 amide bonds. The first-order valence-corrected chi connectivity index (χ1v) is 5.09. The second-order valence-corrected chi connectivity index (χ2v) is 4.21. The van der Waals surface area contributed by atoms with Crippen molar-refractivity contribution in [2.75, 3.05) is 0 Å². The first-order valence-electron chi connectivity index (χ1n) is 4.28. The summed E-state index contributed by atoms with van der Waals surface area (Å²) in [5, 5.41) is 0.905. The van der Waals surface area contributed by atoms with Crippen LogP contribution >= 0.6 is 11.3 Å². The summed E-state index contributed by atoms with van der Waals surface area (Å²) in [6, 6.07) is 6.51. The highest BCUT2D eigenvalue weighted by Crippen LogP contribution is 2.29. The second kappa shape index (κ2) is 3.52. The molecule has 1 heterocycles. The maximum absolute atomic E-state index is 12.9. The lowest BCUT2D eigenvalue weighted by Gasteiger charge is -1.99. The van der Waals surface area contributed by atoms with Gasteiger partial charge < -0.3 is 5.73 Å². The molecular formula is C11H10FNS. The lowest BCUT2D eigenvalue weighted by atomic mass is 10.2.